The van der Waals surface area contributed by atoms with E-state index in [1.54, 1.807) is 0 Å². The fourth-order valence-electron chi connectivity index (χ4n) is 2.80. The van der Waals surface area contributed by atoms with Gasteiger partial charge in [-0.1, -0.05) is 6.42 Å². The average molecular weight is 140 g/mol. The Morgan fingerprint density at radius 2 is 1.60 bits per heavy atom. The lowest BCUT2D eigenvalue weighted by Crippen LogP contribution is -2.38. The van der Waals surface area contributed by atoms with Crippen LogP contribution in [0.15, 0.2) is 0 Å². The number of rotatable bonds is 0. The van der Waals surface area contributed by atoms with Gasteiger partial charge in [0.2, 0.25) is 0 Å². The van der Waals surface area contributed by atoms with Crippen LogP contribution in [0.2, 0.25) is 0 Å². The summed E-state index contributed by atoms with van der Waals surface area (Å²) in [6.45, 7) is 2.04. The minimum absolute atomic E-state index is 0.293. The summed E-state index contributed by atoms with van der Waals surface area (Å²) in [5, 5.41) is 9.97. The van der Waals surface area contributed by atoms with Crippen molar-refractivity contribution >= 4 is 0 Å². The van der Waals surface area contributed by atoms with Crippen LogP contribution in [0.5, 0.6) is 0 Å². The Morgan fingerprint density at radius 3 is 2.00 bits per heavy atom. The van der Waals surface area contributed by atoms with E-state index < -0.39 is 0 Å². The van der Waals surface area contributed by atoms with Crippen molar-refractivity contribution in [2.45, 2.75) is 44.6 Å². The average Bonchev–Trinajstić information content (AvgIpc) is 2.17. The summed E-state index contributed by atoms with van der Waals surface area (Å²) in [6.07, 6.45) is 6.44. The molecule has 2 bridgehead atoms. The SMILES string of the molecule is CC1(O)C2CCCC1CC2. The van der Waals surface area contributed by atoms with Gasteiger partial charge in [0.1, 0.15) is 0 Å². The van der Waals surface area contributed by atoms with Crippen molar-refractivity contribution in [2.75, 3.05) is 0 Å². The van der Waals surface area contributed by atoms with Crippen LogP contribution >= 0.6 is 0 Å². The largest absolute Gasteiger partial charge is 0.390 e. The van der Waals surface area contributed by atoms with Crippen LogP contribution in [-0.2, 0) is 0 Å². The molecule has 10 heavy (non-hydrogen) atoms. The second-order valence-electron chi connectivity index (χ2n) is 4.13. The van der Waals surface area contributed by atoms with Gasteiger partial charge >= 0.3 is 0 Å². The standard InChI is InChI=1S/C9H16O/c1-9(10)7-3-2-4-8(9)6-5-7/h7-8,10H,2-6H2,1H3. The fourth-order valence-corrected chi connectivity index (χ4v) is 2.80. The fraction of sp³-hybridized carbons (Fsp3) is 1.00. The molecule has 1 nitrogen and oxygen atoms in total. The van der Waals surface area contributed by atoms with E-state index >= 15 is 0 Å². The maximum Gasteiger partial charge on any atom is 0.0675 e. The van der Waals surface area contributed by atoms with Crippen LogP contribution in [-0.4, -0.2) is 10.7 Å². The highest BCUT2D eigenvalue weighted by molar-refractivity contribution is 4.98. The Balaban J connectivity index is 2.21. The smallest absolute Gasteiger partial charge is 0.0675 e. The van der Waals surface area contributed by atoms with E-state index in [4.69, 9.17) is 0 Å². The molecule has 0 saturated heterocycles. The maximum absolute atomic E-state index is 9.97. The first kappa shape index (κ1) is 6.66. The van der Waals surface area contributed by atoms with Crippen molar-refractivity contribution in [1.82, 2.24) is 0 Å². The molecule has 0 radical (unpaired) electrons. The molecule has 0 aromatic rings. The van der Waals surface area contributed by atoms with Crippen molar-refractivity contribution in [1.29, 1.82) is 0 Å². The van der Waals surface area contributed by atoms with Crippen LogP contribution in [0.4, 0.5) is 0 Å². The van der Waals surface area contributed by atoms with Gasteiger partial charge in [0.25, 0.3) is 0 Å². The van der Waals surface area contributed by atoms with Gasteiger partial charge in [-0.2, -0.15) is 0 Å². The van der Waals surface area contributed by atoms with Crippen LogP contribution in [0.1, 0.15) is 39.0 Å². The lowest BCUT2D eigenvalue weighted by Gasteiger charge is -2.35. The van der Waals surface area contributed by atoms with Crippen molar-refractivity contribution < 1.29 is 5.11 Å². The zero-order chi connectivity index (χ0) is 7.19. The van der Waals surface area contributed by atoms with Crippen molar-refractivity contribution in [3.05, 3.63) is 0 Å². The molecule has 1 heteroatoms. The highest BCUT2D eigenvalue weighted by atomic mass is 16.3. The summed E-state index contributed by atoms with van der Waals surface area (Å²) < 4.78 is 0. The van der Waals surface area contributed by atoms with Gasteiger partial charge < -0.3 is 5.11 Å². The molecule has 2 rings (SSSR count). The van der Waals surface area contributed by atoms with Gasteiger partial charge in [-0.25, -0.2) is 0 Å². The zero-order valence-corrected chi connectivity index (χ0v) is 6.64. The van der Waals surface area contributed by atoms with Gasteiger partial charge in [-0.15, -0.1) is 0 Å². The first-order valence-corrected chi connectivity index (χ1v) is 4.43. The Morgan fingerprint density at radius 1 is 1.10 bits per heavy atom. The first-order chi connectivity index (χ1) is 4.71. The normalized spacial score (nSPS) is 53.4. The molecule has 2 aliphatic carbocycles. The number of hydrogen-bond acceptors (Lipinski definition) is 1. The van der Waals surface area contributed by atoms with Crippen molar-refractivity contribution in [3.8, 4) is 0 Å². The molecular weight excluding hydrogens is 124 g/mol. The molecule has 2 saturated carbocycles. The molecule has 0 spiro atoms. The van der Waals surface area contributed by atoms with Gasteiger partial charge in [-0.05, 0) is 44.4 Å². The quantitative estimate of drug-likeness (QED) is 0.545. The molecule has 2 atom stereocenters. The highest BCUT2D eigenvalue weighted by Crippen LogP contribution is 2.49. The third-order valence-corrected chi connectivity index (χ3v) is 3.62. The summed E-state index contributed by atoms with van der Waals surface area (Å²) >= 11 is 0. The minimum Gasteiger partial charge on any atom is -0.390 e. The van der Waals surface area contributed by atoms with E-state index in [0.717, 1.165) is 0 Å². The molecule has 2 fully saturated rings. The third kappa shape index (κ3) is 0.731. The predicted octanol–water partition coefficient (Wildman–Crippen LogP) is 1.95. The zero-order valence-electron chi connectivity index (χ0n) is 6.64. The Hall–Kier alpha value is -0.0400. The number of hydrogen-bond donors (Lipinski definition) is 1. The van der Waals surface area contributed by atoms with Crippen LogP contribution in [0, 0.1) is 11.8 Å². The van der Waals surface area contributed by atoms with E-state index in [1.807, 2.05) is 6.92 Å². The molecular formula is C9H16O. The molecule has 1 N–H and O–H groups in total. The molecule has 0 aromatic carbocycles. The second kappa shape index (κ2) is 1.97. The third-order valence-electron chi connectivity index (χ3n) is 3.62. The summed E-state index contributed by atoms with van der Waals surface area (Å²) in [5.41, 5.74) is -0.293. The first-order valence-electron chi connectivity index (χ1n) is 4.43. The lowest BCUT2D eigenvalue weighted by atomic mass is 9.76. The van der Waals surface area contributed by atoms with Crippen LogP contribution in [0.25, 0.3) is 0 Å². The van der Waals surface area contributed by atoms with Crippen LogP contribution < -0.4 is 0 Å². The van der Waals surface area contributed by atoms with E-state index in [2.05, 4.69) is 0 Å². The monoisotopic (exact) mass is 140 g/mol. The highest BCUT2D eigenvalue weighted by Gasteiger charge is 2.46. The van der Waals surface area contributed by atoms with Gasteiger partial charge in [0.15, 0.2) is 0 Å². The van der Waals surface area contributed by atoms with Gasteiger partial charge in [0, 0.05) is 0 Å². The number of aliphatic hydroxyl groups is 1. The molecule has 0 aromatic heterocycles. The maximum atomic E-state index is 9.97. The second-order valence-corrected chi connectivity index (χ2v) is 4.13. The number of fused-ring (bicyclic) bond motifs is 2. The summed E-state index contributed by atoms with van der Waals surface area (Å²) in [5.74, 6) is 1.26. The Labute approximate surface area is 62.4 Å². The van der Waals surface area contributed by atoms with Gasteiger partial charge in [-0.3, -0.25) is 0 Å². The molecule has 58 valence electrons. The summed E-state index contributed by atoms with van der Waals surface area (Å²) in [7, 11) is 0. The molecule has 0 amide bonds. The molecule has 2 unspecified atom stereocenters. The summed E-state index contributed by atoms with van der Waals surface area (Å²) in [6, 6.07) is 0. The minimum atomic E-state index is -0.293. The Bertz CT molecular complexity index is 122. The van der Waals surface area contributed by atoms with E-state index in [1.165, 1.54) is 32.1 Å². The van der Waals surface area contributed by atoms with Crippen LogP contribution in [0.3, 0.4) is 0 Å². The predicted molar refractivity (Wildman–Crippen MR) is 40.7 cm³/mol. The Kier molecular flexibility index (Phi) is 1.31. The van der Waals surface area contributed by atoms with E-state index in [0.29, 0.717) is 11.8 Å². The summed E-state index contributed by atoms with van der Waals surface area (Å²) in [4.78, 5) is 0. The molecule has 0 aliphatic heterocycles. The molecule has 2 aliphatic rings. The molecule has 0 heterocycles. The van der Waals surface area contributed by atoms with Crippen molar-refractivity contribution in [3.63, 3.8) is 0 Å². The van der Waals surface area contributed by atoms with E-state index in [9.17, 15) is 5.11 Å². The van der Waals surface area contributed by atoms with E-state index in [-0.39, 0.29) is 5.60 Å². The lowest BCUT2D eigenvalue weighted by molar-refractivity contribution is -0.0424. The van der Waals surface area contributed by atoms with Crippen molar-refractivity contribution in [2.24, 2.45) is 11.8 Å². The topological polar surface area (TPSA) is 20.2 Å². The van der Waals surface area contributed by atoms with Gasteiger partial charge in [0.05, 0.1) is 5.60 Å².